The van der Waals surface area contributed by atoms with Crippen LogP contribution in [0.1, 0.15) is 19.4 Å². The van der Waals surface area contributed by atoms with Crippen LogP contribution in [0.5, 0.6) is 5.75 Å². The van der Waals surface area contributed by atoms with E-state index in [-0.39, 0.29) is 13.2 Å². The van der Waals surface area contributed by atoms with Crippen molar-refractivity contribution < 1.29 is 18.1 Å². The van der Waals surface area contributed by atoms with Gasteiger partial charge in [0.05, 0.1) is 13.2 Å². The molecule has 0 amide bonds. The van der Waals surface area contributed by atoms with E-state index in [1.54, 1.807) is 19.9 Å². The second-order valence-corrected chi connectivity index (χ2v) is 4.73. The summed E-state index contributed by atoms with van der Waals surface area (Å²) >= 11 is 0. The lowest BCUT2D eigenvalue weighted by Crippen LogP contribution is -2.03. The predicted octanol–water partition coefficient (Wildman–Crippen LogP) is 3.55. The molecule has 0 saturated carbocycles. The Morgan fingerprint density at radius 2 is 1.69 bits per heavy atom. The maximum absolute atomic E-state index is 12.1. The zero-order chi connectivity index (χ0) is 12.0. The van der Waals surface area contributed by atoms with E-state index >= 15 is 0 Å². The Morgan fingerprint density at radius 3 is 2.19 bits per heavy atom. The Morgan fingerprint density at radius 1 is 1.12 bits per heavy atom. The molecule has 0 atom stereocenters. The second-order valence-electron chi connectivity index (χ2n) is 3.14. The minimum absolute atomic E-state index is 0.281. The molecule has 5 heteroatoms. The van der Waals surface area contributed by atoms with Gasteiger partial charge in [-0.05, 0) is 32.4 Å². The fourth-order valence-corrected chi connectivity index (χ4v) is 2.44. The van der Waals surface area contributed by atoms with E-state index in [0.29, 0.717) is 5.75 Å². The molecule has 0 heterocycles. The van der Waals surface area contributed by atoms with E-state index in [1.165, 1.54) is 0 Å². The van der Waals surface area contributed by atoms with E-state index in [9.17, 15) is 4.57 Å². The molecule has 0 saturated heterocycles. The van der Waals surface area contributed by atoms with Gasteiger partial charge in [0.2, 0.25) is 0 Å². The smallest absolute Gasteiger partial charge is 0.404 e. The largest absolute Gasteiger partial charge is 0.530 e. The van der Waals surface area contributed by atoms with Crippen LogP contribution in [0.15, 0.2) is 24.3 Å². The Kier molecular flexibility index (Phi) is 5.00. The number of benzene rings is 1. The first kappa shape index (κ1) is 13.2. The van der Waals surface area contributed by atoms with E-state index < -0.39 is 7.82 Å². The maximum Gasteiger partial charge on any atom is 0.530 e. The monoisotopic (exact) mass is 244 g/mol. The standard InChI is InChI=1S/C11H17O4P/c1-4-13-16(12,14-5-2)15-11-9-7-6-8-10(11)3/h6-9H,4-5H2,1-3H3. The van der Waals surface area contributed by atoms with Crippen LogP contribution in [0.4, 0.5) is 0 Å². The molecule has 1 aromatic rings. The van der Waals surface area contributed by atoms with Crippen LogP contribution >= 0.6 is 7.82 Å². The molecule has 0 N–H and O–H groups in total. The van der Waals surface area contributed by atoms with Crippen molar-refractivity contribution in [3.63, 3.8) is 0 Å². The first-order chi connectivity index (χ1) is 7.61. The zero-order valence-corrected chi connectivity index (χ0v) is 10.7. The summed E-state index contributed by atoms with van der Waals surface area (Å²) in [7, 11) is -3.47. The van der Waals surface area contributed by atoms with Gasteiger partial charge in [-0.15, -0.1) is 0 Å². The summed E-state index contributed by atoms with van der Waals surface area (Å²) in [4.78, 5) is 0. The third-order valence-corrected chi connectivity index (χ3v) is 3.45. The molecule has 0 unspecified atom stereocenters. The predicted molar refractivity (Wildman–Crippen MR) is 62.7 cm³/mol. The molecular formula is C11H17O4P. The summed E-state index contributed by atoms with van der Waals surface area (Å²) in [6, 6.07) is 7.30. The van der Waals surface area contributed by atoms with Gasteiger partial charge in [-0.3, -0.25) is 9.05 Å². The number of phosphoric acid groups is 1. The molecule has 1 aromatic carbocycles. The lowest BCUT2D eigenvalue weighted by molar-refractivity contribution is 0.167. The molecule has 1 rings (SSSR count). The van der Waals surface area contributed by atoms with Crippen molar-refractivity contribution >= 4 is 7.82 Å². The maximum atomic E-state index is 12.1. The van der Waals surface area contributed by atoms with Gasteiger partial charge < -0.3 is 4.52 Å². The van der Waals surface area contributed by atoms with Crippen LogP contribution in [0.2, 0.25) is 0 Å². The molecule has 0 bridgehead atoms. The number of hydrogen-bond acceptors (Lipinski definition) is 4. The van der Waals surface area contributed by atoms with Crippen molar-refractivity contribution in [3.8, 4) is 5.75 Å². The van der Waals surface area contributed by atoms with Crippen LogP contribution in [-0.2, 0) is 13.6 Å². The van der Waals surface area contributed by atoms with Crippen molar-refractivity contribution in [3.05, 3.63) is 29.8 Å². The molecule has 0 fully saturated rings. The van der Waals surface area contributed by atoms with E-state index in [1.807, 2.05) is 25.1 Å². The number of rotatable bonds is 6. The Balaban J connectivity index is 2.83. The minimum atomic E-state index is -3.47. The van der Waals surface area contributed by atoms with Gasteiger partial charge in [0.25, 0.3) is 0 Å². The van der Waals surface area contributed by atoms with Gasteiger partial charge in [0, 0.05) is 0 Å². The van der Waals surface area contributed by atoms with Crippen LogP contribution < -0.4 is 4.52 Å². The van der Waals surface area contributed by atoms with E-state index in [4.69, 9.17) is 13.6 Å². The van der Waals surface area contributed by atoms with Crippen molar-refractivity contribution in [2.24, 2.45) is 0 Å². The first-order valence-electron chi connectivity index (χ1n) is 5.25. The Hall–Kier alpha value is -0.830. The van der Waals surface area contributed by atoms with E-state index in [0.717, 1.165) is 5.56 Å². The molecule has 0 aliphatic rings. The van der Waals surface area contributed by atoms with Crippen LogP contribution in [0.3, 0.4) is 0 Å². The van der Waals surface area contributed by atoms with Crippen molar-refractivity contribution in [1.29, 1.82) is 0 Å². The summed E-state index contributed by atoms with van der Waals surface area (Å²) < 4.78 is 27.5. The quantitative estimate of drug-likeness (QED) is 0.718. The number of para-hydroxylation sites is 1. The van der Waals surface area contributed by atoms with E-state index in [2.05, 4.69) is 0 Å². The van der Waals surface area contributed by atoms with Crippen LogP contribution in [0, 0.1) is 6.92 Å². The van der Waals surface area contributed by atoms with Gasteiger partial charge in [0.1, 0.15) is 5.75 Å². The van der Waals surface area contributed by atoms with Gasteiger partial charge >= 0.3 is 7.82 Å². The summed E-state index contributed by atoms with van der Waals surface area (Å²) in [5.74, 6) is 0.521. The highest BCUT2D eigenvalue weighted by Crippen LogP contribution is 2.49. The summed E-state index contributed by atoms with van der Waals surface area (Å²) in [6.07, 6.45) is 0. The molecule has 0 radical (unpaired) electrons. The number of phosphoric ester groups is 1. The lowest BCUT2D eigenvalue weighted by atomic mass is 10.2. The summed E-state index contributed by atoms with van der Waals surface area (Å²) in [5, 5.41) is 0. The van der Waals surface area contributed by atoms with Gasteiger partial charge in [-0.25, -0.2) is 4.57 Å². The fraction of sp³-hybridized carbons (Fsp3) is 0.455. The second kappa shape index (κ2) is 6.04. The summed E-state index contributed by atoms with van der Waals surface area (Å²) in [6.45, 7) is 5.92. The SMILES string of the molecule is CCOP(=O)(OCC)Oc1ccccc1C. The molecule has 0 aliphatic carbocycles. The average Bonchev–Trinajstić information content (AvgIpc) is 2.22. The highest BCUT2D eigenvalue weighted by molar-refractivity contribution is 7.48. The molecule has 16 heavy (non-hydrogen) atoms. The number of aryl methyl sites for hydroxylation is 1. The van der Waals surface area contributed by atoms with Crippen molar-refractivity contribution in [1.82, 2.24) is 0 Å². The fourth-order valence-electron chi connectivity index (χ4n) is 1.19. The first-order valence-corrected chi connectivity index (χ1v) is 6.71. The Labute approximate surface area is 96.1 Å². The number of hydrogen-bond donors (Lipinski definition) is 0. The molecule has 90 valence electrons. The topological polar surface area (TPSA) is 44.8 Å². The van der Waals surface area contributed by atoms with Gasteiger partial charge in [-0.2, -0.15) is 0 Å². The van der Waals surface area contributed by atoms with Crippen molar-refractivity contribution in [2.75, 3.05) is 13.2 Å². The molecule has 0 spiro atoms. The summed E-state index contributed by atoms with van der Waals surface area (Å²) in [5.41, 5.74) is 0.891. The molecule has 4 nitrogen and oxygen atoms in total. The van der Waals surface area contributed by atoms with Crippen LogP contribution in [0.25, 0.3) is 0 Å². The van der Waals surface area contributed by atoms with Crippen LogP contribution in [-0.4, -0.2) is 13.2 Å². The zero-order valence-electron chi connectivity index (χ0n) is 9.80. The minimum Gasteiger partial charge on any atom is -0.404 e. The highest BCUT2D eigenvalue weighted by atomic mass is 31.2. The Bertz CT molecular complexity index is 368. The lowest BCUT2D eigenvalue weighted by Gasteiger charge is -2.17. The molecule has 0 aliphatic heterocycles. The third-order valence-electron chi connectivity index (χ3n) is 1.88. The van der Waals surface area contributed by atoms with Crippen molar-refractivity contribution in [2.45, 2.75) is 20.8 Å². The normalized spacial score (nSPS) is 11.4. The molecular weight excluding hydrogens is 227 g/mol. The average molecular weight is 244 g/mol. The van der Waals surface area contributed by atoms with Gasteiger partial charge in [0.15, 0.2) is 0 Å². The third kappa shape index (κ3) is 3.63. The van der Waals surface area contributed by atoms with Gasteiger partial charge in [-0.1, -0.05) is 18.2 Å². The molecule has 0 aromatic heterocycles. The highest BCUT2D eigenvalue weighted by Gasteiger charge is 2.27.